The molecular weight excluding hydrogens is 265 g/mol. The molecule has 0 saturated heterocycles. The first kappa shape index (κ1) is 15.6. The first-order valence-electron chi connectivity index (χ1n) is 6.11. The van der Waals surface area contributed by atoms with E-state index >= 15 is 0 Å². The topological polar surface area (TPSA) is 46.2 Å². The molecule has 0 saturated carbocycles. The summed E-state index contributed by atoms with van der Waals surface area (Å²) in [5, 5.41) is 0. The molecule has 0 aliphatic rings. The van der Waals surface area contributed by atoms with E-state index in [1.54, 1.807) is 12.1 Å². The van der Waals surface area contributed by atoms with E-state index in [1.165, 1.54) is 0 Å². The number of benzene rings is 1. The Morgan fingerprint density at radius 3 is 1.83 bits per heavy atom. The Balaban J connectivity index is 2.97. The first-order chi connectivity index (χ1) is 8.24. The van der Waals surface area contributed by atoms with E-state index in [4.69, 9.17) is 0 Å². The van der Waals surface area contributed by atoms with Gasteiger partial charge >= 0.3 is 0 Å². The molecule has 0 aromatic heterocycles. The predicted octanol–water partition coefficient (Wildman–Crippen LogP) is 3.49. The predicted molar refractivity (Wildman–Crippen MR) is 78.7 cm³/mol. The Bertz CT molecular complexity index is 472. The van der Waals surface area contributed by atoms with Gasteiger partial charge in [0, 0.05) is 0 Å². The van der Waals surface area contributed by atoms with Crippen LogP contribution in [0.15, 0.2) is 29.2 Å². The van der Waals surface area contributed by atoms with Crippen LogP contribution < -0.4 is 4.49 Å². The maximum absolute atomic E-state index is 12.3. The highest BCUT2D eigenvalue weighted by Gasteiger charge is 2.24. The molecule has 0 bridgehead atoms. The fourth-order valence-corrected chi connectivity index (χ4v) is 6.62. The third-order valence-electron chi connectivity index (χ3n) is 2.67. The Kier molecular flexibility index (Phi) is 5.32. The van der Waals surface area contributed by atoms with Gasteiger partial charge in [-0.2, -0.15) is 4.49 Å². The largest absolute Gasteiger partial charge is 0.243 e. The normalized spacial score (nSPS) is 12.7. The van der Waals surface area contributed by atoms with Crippen LogP contribution in [0, 0.1) is 6.92 Å². The van der Waals surface area contributed by atoms with E-state index in [2.05, 4.69) is 32.2 Å². The van der Waals surface area contributed by atoms with Gasteiger partial charge in [0.25, 0.3) is 0 Å². The molecule has 18 heavy (non-hydrogen) atoms. The highest BCUT2D eigenvalue weighted by molar-refractivity contribution is 7.95. The lowest BCUT2D eigenvalue weighted by Crippen LogP contribution is -2.25. The Hall–Kier alpha value is -0.440. The van der Waals surface area contributed by atoms with Gasteiger partial charge in [-0.25, -0.2) is 8.42 Å². The molecule has 1 rings (SSSR count). The second-order valence-corrected chi connectivity index (χ2v) is 10.1. The van der Waals surface area contributed by atoms with Gasteiger partial charge in [0.1, 0.15) is 0 Å². The number of rotatable bonds is 5. The van der Waals surface area contributed by atoms with Gasteiger partial charge < -0.3 is 0 Å². The number of hydrogen-bond acceptors (Lipinski definition) is 2. The summed E-state index contributed by atoms with van der Waals surface area (Å²) >= 11 is 0. The lowest BCUT2D eigenvalue weighted by Gasteiger charge is -2.26. The lowest BCUT2D eigenvalue weighted by atomic mass is 10.2. The van der Waals surface area contributed by atoms with Crippen LogP contribution in [0.5, 0.6) is 0 Å². The standard InChI is InChI=1S/C13H22NO2PS/c1-10(2)17(11(3)4)14-18(15,16)13-8-6-12(5)7-9-13/h6-11,14H,1-5H3. The van der Waals surface area contributed by atoms with Crippen molar-refractivity contribution >= 4 is 18.1 Å². The minimum Gasteiger partial charge on any atom is -0.207 e. The summed E-state index contributed by atoms with van der Waals surface area (Å²) in [7, 11) is -4.12. The van der Waals surface area contributed by atoms with Crippen molar-refractivity contribution < 1.29 is 8.42 Å². The summed E-state index contributed by atoms with van der Waals surface area (Å²) in [6.07, 6.45) is 0. The molecule has 0 aliphatic carbocycles. The summed E-state index contributed by atoms with van der Waals surface area (Å²) in [4.78, 5) is 0.349. The highest BCUT2D eigenvalue weighted by atomic mass is 32.2. The van der Waals surface area contributed by atoms with E-state index in [9.17, 15) is 8.42 Å². The molecule has 102 valence electrons. The van der Waals surface area contributed by atoms with Gasteiger partial charge in [0.2, 0.25) is 10.0 Å². The molecule has 5 heteroatoms. The molecule has 0 spiro atoms. The van der Waals surface area contributed by atoms with Crippen molar-refractivity contribution in [3.8, 4) is 0 Å². The van der Waals surface area contributed by atoms with Gasteiger partial charge in [-0.05, 0) is 38.4 Å². The van der Waals surface area contributed by atoms with Crippen LogP contribution in [0.3, 0.4) is 0 Å². The fourth-order valence-electron chi connectivity index (χ4n) is 1.72. The second kappa shape index (κ2) is 6.14. The van der Waals surface area contributed by atoms with Crippen molar-refractivity contribution in [3.05, 3.63) is 29.8 Å². The van der Waals surface area contributed by atoms with Crippen molar-refractivity contribution in [2.45, 2.75) is 50.8 Å². The Labute approximate surface area is 112 Å². The van der Waals surface area contributed by atoms with Gasteiger partial charge in [0.05, 0.1) is 4.90 Å². The zero-order valence-electron chi connectivity index (χ0n) is 11.6. The summed E-state index contributed by atoms with van der Waals surface area (Å²) in [5.74, 6) is 0. The molecule has 3 nitrogen and oxygen atoms in total. The van der Waals surface area contributed by atoms with E-state index < -0.39 is 18.1 Å². The van der Waals surface area contributed by atoms with Crippen molar-refractivity contribution in [3.63, 3.8) is 0 Å². The maximum atomic E-state index is 12.3. The van der Waals surface area contributed by atoms with E-state index in [0.717, 1.165) is 5.56 Å². The molecule has 0 heterocycles. The van der Waals surface area contributed by atoms with Gasteiger partial charge in [-0.3, -0.25) is 0 Å². The maximum Gasteiger partial charge on any atom is 0.243 e. The lowest BCUT2D eigenvalue weighted by molar-refractivity contribution is 0.593. The highest BCUT2D eigenvalue weighted by Crippen LogP contribution is 2.43. The third-order valence-corrected chi connectivity index (χ3v) is 7.59. The molecule has 1 aromatic rings. The number of sulfonamides is 1. The van der Waals surface area contributed by atoms with Crippen LogP contribution in [-0.2, 0) is 10.0 Å². The van der Waals surface area contributed by atoms with Crippen molar-refractivity contribution in [2.24, 2.45) is 0 Å². The van der Waals surface area contributed by atoms with Gasteiger partial charge in [-0.1, -0.05) is 45.4 Å². The average Bonchev–Trinajstić information content (AvgIpc) is 2.26. The van der Waals surface area contributed by atoms with Gasteiger partial charge in [0.15, 0.2) is 0 Å². The Morgan fingerprint density at radius 1 is 1.00 bits per heavy atom. The third kappa shape index (κ3) is 4.04. The van der Waals surface area contributed by atoms with Crippen molar-refractivity contribution in [2.75, 3.05) is 0 Å². The van der Waals surface area contributed by atoms with Gasteiger partial charge in [-0.15, -0.1) is 0 Å². The molecule has 0 amide bonds. The first-order valence-corrected chi connectivity index (χ1v) is 9.08. The summed E-state index contributed by atoms with van der Waals surface area (Å²) in [5.41, 5.74) is 1.73. The minimum atomic E-state index is -3.39. The van der Waals surface area contributed by atoms with E-state index in [0.29, 0.717) is 16.2 Å². The molecule has 0 radical (unpaired) electrons. The molecule has 0 fully saturated rings. The number of nitrogens with one attached hydrogen (secondary N) is 1. The Morgan fingerprint density at radius 2 is 1.44 bits per heavy atom. The SMILES string of the molecule is Cc1ccc(S(=O)(=O)NP(C(C)C)C(C)C)cc1. The summed E-state index contributed by atoms with van der Waals surface area (Å²) < 4.78 is 27.4. The van der Waals surface area contributed by atoms with Crippen molar-refractivity contribution in [1.82, 2.24) is 4.49 Å². The van der Waals surface area contributed by atoms with Crippen LogP contribution in [0.25, 0.3) is 0 Å². The van der Waals surface area contributed by atoms with Crippen LogP contribution in [0.2, 0.25) is 0 Å². The zero-order valence-corrected chi connectivity index (χ0v) is 13.3. The number of aryl methyl sites for hydroxylation is 1. The summed E-state index contributed by atoms with van der Waals surface area (Å²) in [6.45, 7) is 10.2. The number of hydrogen-bond donors (Lipinski definition) is 1. The van der Waals surface area contributed by atoms with Crippen LogP contribution >= 0.6 is 8.07 Å². The van der Waals surface area contributed by atoms with Crippen LogP contribution in [0.4, 0.5) is 0 Å². The second-order valence-electron chi connectivity index (χ2n) is 5.00. The molecule has 0 aliphatic heterocycles. The minimum absolute atomic E-state index is 0.334. The fraction of sp³-hybridized carbons (Fsp3) is 0.538. The monoisotopic (exact) mass is 287 g/mol. The quantitative estimate of drug-likeness (QED) is 0.843. The van der Waals surface area contributed by atoms with E-state index in [1.807, 2.05) is 19.1 Å². The molecule has 1 aromatic carbocycles. The zero-order chi connectivity index (χ0) is 13.9. The average molecular weight is 287 g/mol. The smallest absolute Gasteiger partial charge is 0.207 e. The molecule has 0 unspecified atom stereocenters. The summed E-state index contributed by atoms with van der Waals surface area (Å²) in [6, 6.07) is 6.96. The van der Waals surface area contributed by atoms with Crippen LogP contribution in [0.1, 0.15) is 33.3 Å². The molecular formula is C13H22NO2PS. The van der Waals surface area contributed by atoms with Crippen molar-refractivity contribution in [1.29, 1.82) is 0 Å². The van der Waals surface area contributed by atoms with E-state index in [-0.39, 0.29) is 0 Å². The van der Waals surface area contributed by atoms with Crippen LogP contribution in [-0.4, -0.2) is 19.7 Å². The molecule has 0 atom stereocenters. The molecule has 1 N–H and O–H groups in total.